The van der Waals surface area contributed by atoms with Crippen molar-refractivity contribution in [3.05, 3.63) is 71.8 Å². The molecule has 0 aromatic heterocycles. The van der Waals surface area contributed by atoms with Crippen molar-refractivity contribution in [3.63, 3.8) is 0 Å². The number of carbonyl (C=O) groups excluding carboxylic acids is 2. The zero-order valence-electron chi connectivity index (χ0n) is 24.1. The van der Waals surface area contributed by atoms with Crippen LogP contribution in [0.15, 0.2) is 60.7 Å². The highest BCUT2D eigenvalue weighted by Gasteiger charge is 2.46. The number of morpholine rings is 1. The maximum Gasteiger partial charge on any atom is 0.295 e. The quantitative estimate of drug-likeness (QED) is 0.165. The summed E-state index contributed by atoms with van der Waals surface area (Å²) in [6.07, 6.45) is 2.30. The largest absolute Gasteiger partial charge is 0.507 e. The monoisotopic (exact) mass is 564 g/mol. The Kier molecular flexibility index (Phi) is 10.4. The van der Waals surface area contributed by atoms with E-state index < -0.39 is 17.7 Å². The van der Waals surface area contributed by atoms with E-state index in [0.29, 0.717) is 73.7 Å². The number of aliphatic hydroxyl groups is 1. The molecule has 220 valence electrons. The molecule has 2 aliphatic heterocycles. The number of nitrogens with zero attached hydrogens (tertiary/aromatic N) is 2. The number of hydrogen-bond donors (Lipinski definition) is 1. The van der Waals surface area contributed by atoms with E-state index in [0.717, 1.165) is 19.6 Å². The third kappa shape index (κ3) is 7.28. The van der Waals surface area contributed by atoms with Crippen molar-refractivity contribution in [3.8, 4) is 17.2 Å². The molecule has 2 saturated heterocycles. The third-order valence-electron chi connectivity index (χ3n) is 7.09. The topological polar surface area (TPSA) is 97.8 Å². The lowest BCUT2D eigenvalue weighted by Crippen LogP contribution is -2.39. The lowest BCUT2D eigenvalue weighted by atomic mass is 9.95. The zero-order valence-corrected chi connectivity index (χ0v) is 24.1. The van der Waals surface area contributed by atoms with Gasteiger partial charge in [-0.05, 0) is 54.3 Å². The van der Waals surface area contributed by atoms with E-state index in [9.17, 15) is 14.7 Å². The fourth-order valence-corrected chi connectivity index (χ4v) is 5.00. The van der Waals surface area contributed by atoms with Crippen LogP contribution in [0.1, 0.15) is 37.4 Å². The predicted molar refractivity (Wildman–Crippen MR) is 156 cm³/mol. The van der Waals surface area contributed by atoms with E-state index in [4.69, 9.17) is 18.9 Å². The first-order chi connectivity index (χ1) is 19.8. The molecular weight excluding hydrogens is 524 g/mol. The summed E-state index contributed by atoms with van der Waals surface area (Å²) in [6, 6.07) is 11.4. The summed E-state index contributed by atoms with van der Waals surface area (Å²) in [4.78, 5) is 30.7. The molecule has 1 atom stereocenters. The standard InChI is InChI=1S/C32H40N2O7/c1-5-17-40-26-12-9-24(20-27(26)38-4)29-28(30(35)23-7-10-25(11-8-23)41-21-22(2)3)31(36)32(37)34(29)14-6-13-33-15-18-39-19-16-33/h5,7-12,20,22,29,35H,1,6,13-19,21H2,2-4H3/b30-28+. The Hall–Kier alpha value is -3.82. The molecule has 0 aliphatic carbocycles. The molecule has 2 aromatic rings. The highest BCUT2D eigenvalue weighted by Crippen LogP contribution is 2.42. The first-order valence-corrected chi connectivity index (χ1v) is 14.1. The van der Waals surface area contributed by atoms with Gasteiger partial charge >= 0.3 is 0 Å². The van der Waals surface area contributed by atoms with Crippen LogP contribution < -0.4 is 14.2 Å². The number of hydrogen-bond acceptors (Lipinski definition) is 8. The summed E-state index contributed by atoms with van der Waals surface area (Å²) < 4.78 is 22.5. The van der Waals surface area contributed by atoms with Crippen LogP contribution in [0.3, 0.4) is 0 Å². The van der Waals surface area contributed by atoms with Crippen LogP contribution in [-0.2, 0) is 14.3 Å². The van der Waals surface area contributed by atoms with Gasteiger partial charge < -0.3 is 29.0 Å². The van der Waals surface area contributed by atoms with Gasteiger partial charge in [0.2, 0.25) is 0 Å². The smallest absolute Gasteiger partial charge is 0.295 e. The number of ketones is 1. The second kappa shape index (κ2) is 14.2. The first-order valence-electron chi connectivity index (χ1n) is 14.1. The molecule has 9 heteroatoms. The molecule has 0 bridgehead atoms. The molecule has 0 radical (unpaired) electrons. The van der Waals surface area contributed by atoms with Crippen LogP contribution in [0, 0.1) is 5.92 Å². The SMILES string of the molecule is C=CCOc1ccc(C2/C(=C(\O)c3ccc(OCC(C)C)cc3)C(=O)C(=O)N2CCCN2CCOCC2)cc1OC. The summed E-state index contributed by atoms with van der Waals surface area (Å²) in [6.45, 7) is 12.8. The van der Waals surface area contributed by atoms with Crippen molar-refractivity contribution in [2.45, 2.75) is 26.3 Å². The van der Waals surface area contributed by atoms with Gasteiger partial charge in [-0.3, -0.25) is 14.5 Å². The van der Waals surface area contributed by atoms with Gasteiger partial charge in [-0.2, -0.15) is 0 Å². The Morgan fingerprint density at radius 1 is 1.07 bits per heavy atom. The Morgan fingerprint density at radius 3 is 2.46 bits per heavy atom. The number of benzene rings is 2. The van der Waals surface area contributed by atoms with Crippen LogP contribution in [0.2, 0.25) is 0 Å². The van der Waals surface area contributed by atoms with Crippen LogP contribution in [0.5, 0.6) is 17.2 Å². The minimum absolute atomic E-state index is 0.0408. The van der Waals surface area contributed by atoms with Gasteiger partial charge in [-0.25, -0.2) is 0 Å². The molecule has 2 aliphatic rings. The van der Waals surface area contributed by atoms with Crippen molar-refractivity contribution >= 4 is 17.4 Å². The lowest BCUT2D eigenvalue weighted by Gasteiger charge is -2.29. The maximum atomic E-state index is 13.5. The summed E-state index contributed by atoms with van der Waals surface area (Å²) in [7, 11) is 1.53. The molecule has 2 heterocycles. The van der Waals surface area contributed by atoms with E-state index in [2.05, 4.69) is 25.3 Å². The molecule has 4 rings (SSSR count). The molecule has 1 amide bonds. The first kappa shape index (κ1) is 30.1. The third-order valence-corrected chi connectivity index (χ3v) is 7.09. The highest BCUT2D eigenvalue weighted by molar-refractivity contribution is 6.46. The van der Waals surface area contributed by atoms with E-state index in [1.54, 1.807) is 53.4 Å². The molecular formula is C32H40N2O7. The van der Waals surface area contributed by atoms with Gasteiger partial charge in [0.15, 0.2) is 11.5 Å². The Labute approximate surface area is 241 Å². The Bertz CT molecular complexity index is 1250. The van der Waals surface area contributed by atoms with Crippen molar-refractivity contribution in [1.82, 2.24) is 9.80 Å². The second-order valence-corrected chi connectivity index (χ2v) is 10.5. The second-order valence-electron chi connectivity index (χ2n) is 10.5. The van der Waals surface area contributed by atoms with Crippen molar-refractivity contribution < 1.29 is 33.6 Å². The summed E-state index contributed by atoms with van der Waals surface area (Å²) in [5, 5.41) is 11.4. The Balaban J connectivity index is 1.68. The van der Waals surface area contributed by atoms with Crippen LogP contribution >= 0.6 is 0 Å². The number of methoxy groups -OCH3 is 1. The predicted octanol–water partition coefficient (Wildman–Crippen LogP) is 4.44. The van der Waals surface area contributed by atoms with E-state index >= 15 is 0 Å². The minimum atomic E-state index is -0.793. The molecule has 9 nitrogen and oxygen atoms in total. The number of carbonyl (C=O) groups is 2. The van der Waals surface area contributed by atoms with Gasteiger partial charge in [0.1, 0.15) is 18.1 Å². The van der Waals surface area contributed by atoms with Gasteiger partial charge in [-0.1, -0.05) is 32.6 Å². The molecule has 41 heavy (non-hydrogen) atoms. The van der Waals surface area contributed by atoms with Crippen molar-refractivity contribution in [1.29, 1.82) is 0 Å². The number of aliphatic hydroxyl groups excluding tert-OH is 1. The lowest BCUT2D eigenvalue weighted by molar-refractivity contribution is -0.140. The van der Waals surface area contributed by atoms with Gasteiger partial charge in [0.05, 0.1) is 38.5 Å². The Morgan fingerprint density at radius 2 is 1.80 bits per heavy atom. The highest BCUT2D eigenvalue weighted by atomic mass is 16.5. The molecule has 1 N–H and O–H groups in total. The molecule has 1 unspecified atom stereocenters. The number of amides is 1. The van der Waals surface area contributed by atoms with Gasteiger partial charge in [0.25, 0.3) is 11.7 Å². The van der Waals surface area contributed by atoms with Gasteiger partial charge in [-0.15, -0.1) is 0 Å². The maximum absolute atomic E-state index is 13.5. The summed E-state index contributed by atoms with van der Waals surface area (Å²) >= 11 is 0. The molecule has 0 saturated carbocycles. The van der Waals surface area contributed by atoms with Crippen molar-refractivity contribution in [2.75, 3.05) is 59.7 Å². The average molecular weight is 565 g/mol. The molecule has 2 aromatic carbocycles. The fourth-order valence-electron chi connectivity index (χ4n) is 5.00. The summed E-state index contributed by atoms with van der Waals surface area (Å²) in [5.41, 5.74) is 1.10. The average Bonchev–Trinajstić information content (AvgIpc) is 3.24. The zero-order chi connectivity index (χ0) is 29.4. The van der Waals surface area contributed by atoms with E-state index in [1.807, 2.05) is 0 Å². The van der Waals surface area contributed by atoms with Crippen molar-refractivity contribution in [2.24, 2.45) is 5.92 Å². The van der Waals surface area contributed by atoms with E-state index in [1.165, 1.54) is 7.11 Å². The van der Waals surface area contributed by atoms with Gasteiger partial charge in [0, 0.05) is 31.7 Å². The fraction of sp³-hybridized carbons (Fsp3) is 0.438. The van der Waals surface area contributed by atoms with Crippen LogP contribution in [-0.4, -0.2) is 86.3 Å². The number of Topliss-reactive ketones (excluding diaryl/α,β-unsaturated/α-hetero) is 1. The van der Waals surface area contributed by atoms with E-state index in [-0.39, 0.29) is 11.3 Å². The molecule has 2 fully saturated rings. The number of rotatable bonds is 13. The van der Waals surface area contributed by atoms with Crippen LogP contribution in [0.4, 0.5) is 0 Å². The summed E-state index contributed by atoms with van der Waals surface area (Å²) in [5.74, 6) is 0.409. The minimum Gasteiger partial charge on any atom is -0.507 e. The number of ether oxygens (including phenoxy) is 4. The van der Waals surface area contributed by atoms with Crippen LogP contribution in [0.25, 0.3) is 5.76 Å². The normalized spacial score (nSPS) is 19.0. The number of likely N-dealkylation sites (tertiary alicyclic amines) is 1. The molecule has 0 spiro atoms.